The summed E-state index contributed by atoms with van der Waals surface area (Å²) in [4.78, 5) is 27.4. The smallest absolute Gasteiger partial charge is 0.247 e. The molecule has 3 saturated heterocycles. The monoisotopic (exact) mass is 377 g/mol. The Morgan fingerprint density at radius 1 is 1.12 bits per heavy atom. The van der Waals surface area contributed by atoms with Gasteiger partial charge in [0.05, 0.1) is 0 Å². The lowest BCUT2D eigenvalue weighted by atomic mass is 9.97. The van der Waals surface area contributed by atoms with Crippen molar-refractivity contribution < 1.29 is 9.59 Å². The van der Waals surface area contributed by atoms with E-state index >= 15 is 0 Å². The molecule has 0 aromatic heterocycles. The second-order valence-corrected chi connectivity index (χ2v) is 7.67. The van der Waals surface area contributed by atoms with Gasteiger partial charge in [0, 0.05) is 31.1 Å². The van der Waals surface area contributed by atoms with Gasteiger partial charge in [0.25, 0.3) is 0 Å². The number of halogens is 1. The minimum atomic E-state index is -0.499. The molecule has 3 fully saturated rings. The average Bonchev–Trinajstić information content (AvgIpc) is 2.96. The van der Waals surface area contributed by atoms with Crippen molar-refractivity contribution in [1.29, 1.82) is 0 Å². The first-order valence-corrected chi connectivity index (χ1v) is 9.61. The summed E-state index contributed by atoms with van der Waals surface area (Å²) in [6.07, 6.45) is 6.87. The van der Waals surface area contributed by atoms with E-state index in [0.29, 0.717) is 25.0 Å². The van der Waals surface area contributed by atoms with Crippen LogP contribution in [0.4, 0.5) is 0 Å². The molecule has 4 rings (SSSR count). The van der Waals surface area contributed by atoms with Crippen molar-refractivity contribution in [2.24, 2.45) is 0 Å². The van der Waals surface area contributed by atoms with Crippen molar-refractivity contribution in [1.82, 2.24) is 15.5 Å². The SMILES string of the molecule is Cl.O=C(NC1CC2CCC(C1)N2)C(c1ccccc1)N1CCCCC1=O. The highest BCUT2D eigenvalue weighted by atomic mass is 35.5. The highest BCUT2D eigenvalue weighted by molar-refractivity contribution is 5.89. The molecule has 3 unspecified atom stereocenters. The third-order valence-corrected chi connectivity index (χ3v) is 5.85. The van der Waals surface area contributed by atoms with Crippen LogP contribution in [-0.4, -0.2) is 41.4 Å². The first-order valence-electron chi connectivity index (χ1n) is 9.61. The summed E-state index contributed by atoms with van der Waals surface area (Å²) in [7, 11) is 0. The Morgan fingerprint density at radius 3 is 2.46 bits per heavy atom. The molecular formula is C20H28ClN3O2. The zero-order valence-corrected chi connectivity index (χ0v) is 15.8. The first-order chi connectivity index (χ1) is 12.2. The highest BCUT2D eigenvalue weighted by Crippen LogP contribution is 2.29. The van der Waals surface area contributed by atoms with E-state index in [4.69, 9.17) is 0 Å². The van der Waals surface area contributed by atoms with Crippen LogP contribution in [0.3, 0.4) is 0 Å². The summed E-state index contributed by atoms with van der Waals surface area (Å²) in [5.74, 6) is 0.0772. The number of fused-ring (bicyclic) bond motifs is 2. The van der Waals surface area contributed by atoms with Gasteiger partial charge in [-0.15, -0.1) is 12.4 Å². The van der Waals surface area contributed by atoms with Crippen molar-refractivity contribution in [2.75, 3.05) is 6.54 Å². The molecular weight excluding hydrogens is 350 g/mol. The minimum Gasteiger partial charge on any atom is -0.351 e. The van der Waals surface area contributed by atoms with Crippen LogP contribution in [0.25, 0.3) is 0 Å². The van der Waals surface area contributed by atoms with Crippen molar-refractivity contribution in [3.63, 3.8) is 0 Å². The Hall–Kier alpha value is -1.59. The second kappa shape index (κ2) is 8.40. The Morgan fingerprint density at radius 2 is 1.81 bits per heavy atom. The van der Waals surface area contributed by atoms with Crippen LogP contribution in [0, 0.1) is 0 Å². The maximum atomic E-state index is 13.2. The quantitative estimate of drug-likeness (QED) is 0.847. The third kappa shape index (κ3) is 4.04. The zero-order chi connectivity index (χ0) is 17.2. The van der Waals surface area contributed by atoms with Gasteiger partial charge in [0.15, 0.2) is 0 Å². The van der Waals surface area contributed by atoms with Gasteiger partial charge in [0.2, 0.25) is 11.8 Å². The average molecular weight is 378 g/mol. The maximum Gasteiger partial charge on any atom is 0.247 e. The van der Waals surface area contributed by atoms with Gasteiger partial charge in [-0.05, 0) is 44.1 Å². The number of nitrogens with zero attached hydrogens (tertiary/aromatic N) is 1. The van der Waals surface area contributed by atoms with Crippen LogP contribution in [-0.2, 0) is 9.59 Å². The van der Waals surface area contributed by atoms with Crippen LogP contribution < -0.4 is 10.6 Å². The summed E-state index contributed by atoms with van der Waals surface area (Å²) in [5, 5.41) is 6.87. The predicted octanol–water partition coefficient (Wildman–Crippen LogP) is 2.56. The van der Waals surface area contributed by atoms with Crippen LogP contribution in [0.1, 0.15) is 56.6 Å². The van der Waals surface area contributed by atoms with Crippen molar-refractivity contribution >= 4 is 24.2 Å². The maximum absolute atomic E-state index is 13.2. The lowest BCUT2D eigenvalue weighted by Gasteiger charge is -2.36. The largest absolute Gasteiger partial charge is 0.351 e. The predicted molar refractivity (Wildman–Crippen MR) is 103 cm³/mol. The van der Waals surface area contributed by atoms with E-state index in [9.17, 15) is 9.59 Å². The molecule has 3 aliphatic heterocycles. The normalized spacial score (nSPS) is 29.0. The number of amides is 2. The molecule has 2 N–H and O–H groups in total. The van der Waals surface area contributed by atoms with Crippen LogP contribution >= 0.6 is 12.4 Å². The fourth-order valence-electron chi connectivity index (χ4n) is 4.66. The van der Waals surface area contributed by atoms with Gasteiger partial charge in [-0.1, -0.05) is 30.3 Å². The fraction of sp³-hybridized carbons (Fsp3) is 0.600. The molecule has 1 aromatic carbocycles. The van der Waals surface area contributed by atoms with Gasteiger partial charge >= 0.3 is 0 Å². The van der Waals surface area contributed by atoms with Gasteiger partial charge in [-0.2, -0.15) is 0 Å². The lowest BCUT2D eigenvalue weighted by Crippen LogP contribution is -2.52. The van der Waals surface area contributed by atoms with Gasteiger partial charge in [0.1, 0.15) is 6.04 Å². The van der Waals surface area contributed by atoms with Crippen molar-refractivity contribution in [3.8, 4) is 0 Å². The first kappa shape index (κ1) is 19.2. The minimum absolute atomic E-state index is 0. The van der Waals surface area contributed by atoms with Gasteiger partial charge in [-0.25, -0.2) is 0 Å². The summed E-state index contributed by atoms with van der Waals surface area (Å²) in [6.45, 7) is 0.670. The molecule has 0 saturated carbocycles. The number of hydrogen-bond acceptors (Lipinski definition) is 3. The number of likely N-dealkylation sites (tertiary alicyclic amines) is 1. The Labute approximate surface area is 161 Å². The van der Waals surface area contributed by atoms with Crippen LogP contribution in [0.2, 0.25) is 0 Å². The molecule has 0 spiro atoms. The lowest BCUT2D eigenvalue weighted by molar-refractivity contribution is -0.143. The van der Waals surface area contributed by atoms with Crippen molar-refractivity contribution in [2.45, 2.75) is 69.1 Å². The number of benzene rings is 1. The van der Waals surface area contributed by atoms with Crippen molar-refractivity contribution in [3.05, 3.63) is 35.9 Å². The van der Waals surface area contributed by atoms with E-state index in [1.807, 2.05) is 30.3 Å². The van der Waals surface area contributed by atoms with E-state index in [1.165, 1.54) is 12.8 Å². The molecule has 2 bridgehead atoms. The van der Waals surface area contributed by atoms with E-state index in [1.54, 1.807) is 4.90 Å². The standard InChI is InChI=1S/C20H27N3O2.ClH/c24-18-8-4-5-11-23(18)19(14-6-2-1-3-7-14)20(25)22-17-12-15-9-10-16(13-17)21-15;/h1-3,6-7,15-17,19,21H,4-5,8-13H2,(H,22,25);1H. The van der Waals surface area contributed by atoms with E-state index < -0.39 is 6.04 Å². The summed E-state index contributed by atoms with van der Waals surface area (Å²) in [6, 6.07) is 10.5. The number of nitrogens with one attached hydrogen (secondary N) is 2. The summed E-state index contributed by atoms with van der Waals surface area (Å²) < 4.78 is 0. The topological polar surface area (TPSA) is 61.4 Å². The molecule has 6 heteroatoms. The van der Waals surface area contributed by atoms with E-state index in [2.05, 4.69) is 10.6 Å². The molecule has 3 aliphatic rings. The van der Waals surface area contributed by atoms with Gasteiger partial charge in [-0.3, -0.25) is 9.59 Å². The number of carbonyl (C=O) groups is 2. The number of rotatable bonds is 4. The molecule has 142 valence electrons. The van der Waals surface area contributed by atoms with E-state index in [0.717, 1.165) is 31.2 Å². The van der Waals surface area contributed by atoms with Crippen LogP contribution in [0.5, 0.6) is 0 Å². The Balaban J connectivity index is 0.00000196. The molecule has 5 nitrogen and oxygen atoms in total. The number of piperidine rings is 2. The summed E-state index contributed by atoms with van der Waals surface area (Å²) in [5.41, 5.74) is 0.909. The number of carbonyl (C=O) groups excluding carboxylic acids is 2. The second-order valence-electron chi connectivity index (χ2n) is 7.67. The Kier molecular flexibility index (Phi) is 6.20. The third-order valence-electron chi connectivity index (χ3n) is 5.85. The number of hydrogen-bond donors (Lipinski definition) is 2. The van der Waals surface area contributed by atoms with Gasteiger partial charge < -0.3 is 15.5 Å². The molecule has 2 amide bonds. The molecule has 0 radical (unpaired) electrons. The zero-order valence-electron chi connectivity index (χ0n) is 15.0. The summed E-state index contributed by atoms with van der Waals surface area (Å²) >= 11 is 0. The molecule has 1 aromatic rings. The molecule has 26 heavy (non-hydrogen) atoms. The highest BCUT2D eigenvalue weighted by Gasteiger charge is 2.37. The van der Waals surface area contributed by atoms with Crippen LogP contribution in [0.15, 0.2) is 30.3 Å². The molecule has 3 heterocycles. The fourth-order valence-corrected chi connectivity index (χ4v) is 4.66. The molecule has 0 aliphatic carbocycles. The van der Waals surface area contributed by atoms with E-state index in [-0.39, 0.29) is 30.3 Å². The Bertz CT molecular complexity index is 627. The molecule has 3 atom stereocenters.